The van der Waals surface area contributed by atoms with Gasteiger partial charge in [0.25, 0.3) is 0 Å². The van der Waals surface area contributed by atoms with E-state index in [0.717, 1.165) is 38.5 Å². The van der Waals surface area contributed by atoms with Gasteiger partial charge in [-0.25, -0.2) is 8.42 Å². The molecule has 0 saturated heterocycles. The first-order valence-corrected chi connectivity index (χ1v) is 13.1. The van der Waals surface area contributed by atoms with Crippen molar-refractivity contribution in [3.8, 4) is 0 Å². The summed E-state index contributed by atoms with van der Waals surface area (Å²) in [5.74, 6) is -0.200. The summed E-state index contributed by atoms with van der Waals surface area (Å²) in [6.07, 6.45) is 22.1. The molecule has 0 aromatic carbocycles. The predicted octanol–water partition coefficient (Wildman–Crippen LogP) is 3.33. The van der Waals surface area contributed by atoms with Gasteiger partial charge in [0.1, 0.15) is 0 Å². The summed E-state index contributed by atoms with van der Waals surface area (Å²) in [6.45, 7) is 2.17. The molecule has 4 nitrogen and oxygen atoms in total. The minimum Gasteiger partial charge on any atom is -0.748 e. The van der Waals surface area contributed by atoms with E-state index >= 15 is 0 Å². The zero-order chi connectivity index (χ0) is 20.2. The van der Waals surface area contributed by atoms with E-state index in [1.807, 2.05) is 0 Å². The topological polar surface area (TPSA) is 77.4 Å². The second-order valence-electron chi connectivity index (χ2n) is 8.15. The molecule has 0 saturated carbocycles. The minimum absolute atomic E-state index is 0. The molecule has 0 aromatic rings. The van der Waals surface area contributed by atoms with Crippen LogP contribution in [-0.2, 0) is 10.1 Å². The summed E-state index contributed by atoms with van der Waals surface area (Å²) < 4.78 is 31.4. The molecule has 0 rings (SSSR count). The van der Waals surface area contributed by atoms with Crippen LogP contribution < -0.4 is 29.6 Å². The summed E-state index contributed by atoms with van der Waals surface area (Å²) in [5, 5.41) is 9.79. The van der Waals surface area contributed by atoms with Crippen molar-refractivity contribution in [3.05, 3.63) is 0 Å². The molecule has 0 spiro atoms. The van der Waals surface area contributed by atoms with E-state index < -0.39 is 10.1 Å². The fourth-order valence-corrected chi connectivity index (χ4v) is 4.10. The zero-order valence-electron chi connectivity index (χ0n) is 18.8. The molecular weight excluding hydrogens is 383 g/mol. The van der Waals surface area contributed by atoms with Crippen LogP contribution in [0.3, 0.4) is 0 Å². The monoisotopic (exact) mass is 428 g/mol. The quantitative estimate of drug-likeness (QED) is 0.173. The number of rotatable bonds is 21. The van der Waals surface area contributed by atoms with Gasteiger partial charge >= 0.3 is 29.6 Å². The molecule has 1 atom stereocenters. The molecule has 1 N–H and O–H groups in total. The first-order chi connectivity index (χ1) is 13.0. The number of hydrogen-bond acceptors (Lipinski definition) is 4. The van der Waals surface area contributed by atoms with Gasteiger partial charge in [-0.2, -0.15) is 0 Å². The van der Waals surface area contributed by atoms with Crippen LogP contribution >= 0.6 is 0 Å². The van der Waals surface area contributed by atoms with Gasteiger partial charge in [0.2, 0.25) is 0 Å². The molecule has 0 aliphatic heterocycles. The number of hydrogen-bond donors (Lipinski definition) is 1. The van der Waals surface area contributed by atoms with E-state index in [0.29, 0.717) is 6.42 Å². The maximum Gasteiger partial charge on any atom is 1.00 e. The van der Waals surface area contributed by atoms with Crippen molar-refractivity contribution in [1.82, 2.24) is 0 Å². The van der Waals surface area contributed by atoms with E-state index in [1.54, 1.807) is 0 Å². The Bertz CT molecular complexity index is 401. The molecule has 0 fully saturated rings. The van der Waals surface area contributed by atoms with E-state index in [4.69, 9.17) is 0 Å². The van der Waals surface area contributed by atoms with Crippen LogP contribution in [0.2, 0.25) is 0 Å². The molecule has 0 heterocycles. The zero-order valence-corrected chi connectivity index (χ0v) is 21.6. The SMILES string of the molecule is CCCCC(O)CCCCCCCCCCCCCCCCCS(=O)(=O)[O-].[Na+]. The third-order valence-corrected chi connectivity index (χ3v) is 6.11. The van der Waals surface area contributed by atoms with Crippen molar-refractivity contribution in [2.45, 2.75) is 135 Å². The summed E-state index contributed by atoms with van der Waals surface area (Å²) >= 11 is 0. The second kappa shape index (κ2) is 22.6. The number of aliphatic hydroxyl groups excluding tert-OH is 1. The van der Waals surface area contributed by atoms with Crippen molar-refractivity contribution >= 4 is 10.1 Å². The Morgan fingerprint density at radius 3 is 1.32 bits per heavy atom. The summed E-state index contributed by atoms with van der Waals surface area (Å²) in [4.78, 5) is 0. The molecular formula is C22H45NaO4S. The van der Waals surface area contributed by atoms with Gasteiger partial charge in [-0.05, 0) is 19.3 Å². The molecule has 0 bridgehead atoms. The first kappa shape index (κ1) is 31.1. The molecule has 1 unspecified atom stereocenters. The molecule has 28 heavy (non-hydrogen) atoms. The van der Waals surface area contributed by atoms with Crippen molar-refractivity contribution in [1.29, 1.82) is 0 Å². The Morgan fingerprint density at radius 2 is 0.964 bits per heavy atom. The van der Waals surface area contributed by atoms with Crippen LogP contribution in [0.15, 0.2) is 0 Å². The third-order valence-electron chi connectivity index (χ3n) is 5.32. The van der Waals surface area contributed by atoms with Gasteiger partial charge in [-0.1, -0.05) is 110 Å². The van der Waals surface area contributed by atoms with Crippen molar-refractivity contribution < 1.29 is 47.6 Å². The Balaban J connectivity index is 0. The van der Waals surface area contributed by atoms with Gasteiger partial charge in [0.15, 0.2) is 0 Å². The number of unbranched alkanes of at least 4 members (excludes halogenated alkanes) is 15. The Morgan fingerprint density at radius 1 is 0.643 bits per heavy atom. The summed E-state index contributed by atoms with van der Waals surface area (Å²) in [5.41, 5.74) is 0. The van der Waals surface area contributed by atoms with E-state index in [-0.39, 0.29) is 41.4 Å². The average molecular weight is 429 g/mol. The maximum atomic E-state index is 10.5. The minimum atomic E-state index is -4.01. The largest absolute Gasteiger partial charge is 1.00 e. The molecule has 0 aliphatic rings. The van der Waals surface area contributed by atoms with Crippen molar-refractivity contribution in [2.24, 2.45) is 0 Å². The van der Waals surface area contributed by atoms with Gasteiger partial charge in [-0.15, -0.1) is 0 Å². The average Bonchev–Trinajstić information content (AvgIpc) is 2.61. The fraction of sp³-hybridized carbons (Fsp3) is 1.00. The van der Waals surface area contributed by atoms with Gasteiger partial charge in [-0.3, -0.25) is 0 Å². The van der Waals surface area contributed by atoms with Crippen molar-refractivity contribution in [3.63, 3.8) is 0 Å². The van der Waals surface area contributed by atoms with Gasteiger partial charge in [0.05, 0.1) is 16.2 Å². The third kappa shape index (κ3) is 26.9. The van der Waals surface area contributed by atoms with Gasteiger partial charge in [0, 0.05) is 5.75 Å². The molecule has 164 valence electrons. The molecule has 0 aliphatic carbocycles. The van der Waals surface area contributed by atoms with Crippen LogP contribution in [-0.4, -0.2) is 29.9 Å². The predicted molar refractivity (Wildman–Crippen MR) is 114 cm³/mol. The van der Waals surface area contributed by atoms with Crippen LogP contribution in [0, 0.1) is 0 Å². The fourth-order valence-electron chi connectivity index (χ4n) is 3.54. The Kier molecular flexibility index (Phi) is 25.0. The van der Waals surface area contributed by atoms with Crippen LogP contribution in [0.1, 0.15) is 129 Å². The molecule has 6 heteroatoms. The summed E-state index contributed by atoms with van der Waals surface area (Å²) in [6, 6.07) is 0. The maximum absolute atomic E-state index is 10.5. The van der Waals surface area contributed by atoms with Gasteiger partial charge < -0.3 is 9.66 Å². The number of aliphatic hydroxyl groups is 1. The first-order valence-electron chi connectivity index (χ1n) is 11.6. The van der Waals surface area contributed by atoms with Crippen LogP contribution in [0.4, 0.5) is 0 Å². The molecule has 0 aromatic heterocycles. The normalized spacial score (nSPS) is 12.7. The second-order valence-corrected chi connectivity index (χ2v) is 9.67. The van der Waals surface area contributed by atoms with E-state index in [2.05, 4.69) is 6.92 Å². The summed E-state index contributed by atoms with van der Waals surface area (Å²) in [7, 11) is -4.01. The van der Waals surface area contributed by atoms with Crippen LogP contribution in [0.25, 0.3) is 0 Å². The van der Waals surface area contributed by atoms with Crippen LogP contribution in [0.5, 0.6) is 0 Å². The molecule has 0 amide bonds. The molecule has 0 radical (unpaired) electrons. The van der Waals surface area contributed by atoms with E-state index in [9.17, 15) is 18.1 Å². The van der Waals surface area contributed by atoms with Crippen molar-refractivity contribution in [2.75, 3.05) is 5.75 Å². The standard InChI is InChI=1S/C22H46O4S.Na/c1-2-3-19-22(23)20-17-15-13-11-9-7-5-4-6-8-10-12-14-16-18-21-27(24,25)26;/h22-23H,2-21H2,1H3,(H,24,25,26);/q;+1/p-1. The Hall–Kier alpha value is 0.870. The Labute approximate surface area is 197 Å². The smallest absolute Gasteiger partial charge is 0.748 e. The van der Waals surface area contributed by atoms with E-state index in [1.165, 1.54) is 77.0 Å².